The van der Waals surface area contributed by atoms with E-state index < -0.39 is 23.6 Å². The van der Waals surface area contributed by atoms with Crippen LogP contribution in [0.25, 0.3) is 0 Å². The van der Waals surface area contributed by atoms with Gasteiger partial charge in [0.1, 0.15) is 5.60 Å². The second-order valence-corrected chi connectivity index (χ2v) is 6.09. The molecule has 130 valence electrons. The Morgan fingerprint density at radius 3 is 2.75 bits per heavy atom. The van der Waals surface area contributed by atoms with Crippen LogP contribution >= 0.6 is 11.6 Å². The molecule has 0 N–H and O–H groups in total. The van der Waals surface area contributed by atoms with Gasteiger partial charge in [0, 0.05) is 5.02 Å². The normalized spacial score (nSPS) is 19.8. The first-order valence-electron chi connectivity index (χ1n) is 7.35. The summed E-state index contributed by atoms with van der Waals surface area (Å²) in [6.45, 7) is 4.59. The van der Waals surface area contributed by atoms with Crippen molar-refractivity contribution in [3.63, 3.8) is 0 Å². The average Bonchev–Trinajstić information content (AvgIpc) is 2.51. The smallest absolute Gasteiger partial charge is 0.404 e. The minimum atomic E-state index is -1.21. The van der Waals surface area contributed by atoms with Crippen LogP contribution < -0.4 is 0 Å². The molecule has 0 amide bonds. The maximum Gasteiger partial charge on any atom is 0.404 e. The van der Waals surface area contributed by atoms with Crippen molar-refractivity contribution in [2.45, 2.75) is 32.5 Å². The van der Waals surface area contributed by atoms with Crippen molar-refractivity contribution in [2.75, 3.05) is 13.3 Å². The zero-order valence-corrected chi connectivity index (χ0v) is 14.3. The highest BCUT2D eigenvalue weighted by molar-refractivity contribution is 6.36. The van der Waals surface area contributed by atoms with E-state index in [0.29, 0.717) is 9.76 Å². The molecule has 0 fully saturated rings. The van der Waals surface area contributed by atoms with Crippen LogP contribution in [0.1, 0.15) is 31.1 Å². The van der Waals surface area contributed by atoms with Crippen molar-refractivity contribution >= 4 is 29.3 Å². The number of benzene rings is 1. The Bertz CT molecular complexity index is 685. The zero-order valence-electron chi connectivity index (χ0n) is 13.6. The van der Waals surface area contributed by atoms with E-state index in [-0.39, 0.29) is 24.6 Å². The fourth-order valence-corrected chi connectivity index (χ4v) is 2.42. The Balaban J connectivity index is 2.33. The van der Waals surface area contributed by atoms with Crippen molar-refractivity contribution in [1.82, 2.24) is 0 Å². The molecule has 1 heterocycles. The number of hydroxylamine groups is 1. The highest BCUT2D eigenvalue weighted by Crippen LogP contribution is 2.25. The van der Waals surface area contributed by atoms with Crippen LogP contribution in [0.4, 0.5) is 0 Å². The number of ether oxygens (including phenoxy) is 3. The topological polar surface area (TPSA) is 87.9 Å². The maximum atomic E-state index is 12.4. The number of rotatable bonds is 4. The van der Waals surface area contributed by atoms with Crippen LogP contribution in [0.5, 0.6) is 0 Å². The first kappa shape index (κ1) is 18.2. The Kier molecular flexibility index (Phi) is 5.46. The first-order valence-corrected chi connectivity index (χ1v) is 7.73. The molecule has 0 saturated heterocycles. The lowest BCUT2D eigenvalue weighted by Crippen LogP contribution is -2.57. The average molecular weight is 356 g/mol. The third-order valence-electron chi connectivity index (χ3n) is 3.47. The summed E-state index contributed by atoms with van der Waals surface area (Å²) in [4.78, 5) is 24.5. The standard InChI is InChI=1S/C16H18ClNO6/c1-4-22-15(20)12-13(16(2,3)23-9-18(12)21)24-14(19)10-6-5-7-11(17)8-10/h5-8,13H,4,9H2,1-3H3/t13-/m1/s1. The van der Waals surface area contributed by atoms with E-state index in [0.717, 1.165) is 0 Å². The molecule has 1 aliphatic heterocycles. The van der Waals surface area contributed by atoms with E-state index in [1.807, 2.05) is 0 Å². The molecule has 0 unspecified atom stereocenters. The number of carbonyl (C=O) groups excluding carboxylic acids is 2. The fourth-order valence-electron chi connectivity index (χ4n) is 2.23. The number of hydrogen-bond donors (Lipinski definition) is 0. The molecule has 0 aromatic heterocycles. The monoisotopic (exact) mass is 355 g/mol. The minimum absolute atomic E-state index is 0.0897. The second kappa shape index (κ2) is 7.19. The molecule has 0 saturated carbocycles. The lowest BCUT2D eigenvalue weighted by Gasteiger charge is -2.35. The summed E-state index contributed by atoms with van der Waals surface area (Å²) in [5.74, 6) is -1.57. The minimum Gasteiger partial charge on any atom is -0.622 e. The molecule has 1 aliphatic rings. The van der Waals surface area contributed by atoms with Crippen LogP contribution in [0.3, 0.4) is 0 Å². The van der Waals surface area contributed by atoms with Gasteiger partial charge in [-0.3, -0.25) is 0 Å². The third-order valence-corrected chi connectivity index (χ3v) is 3.71. The zero-order chi connectivity index (χ0) is 17.9. The molecule has 1 atom stereocenters. The molecule has 0 spiro atoms. The van der Waals surface area contributed by atoms with Gasteiger partial charge in [-0.2, -0.15) is 4.74 Å². The maximum absolute atomic E-state index is 12.4. The molecule has 0 bridgehead atoms. The Morgan fingerprint density at radius 1 is 1.42 bits per heavy atom. The quantitative estimate of drug-likeness (QED) is 0.467. The van der Waals surface area contributed by atoms with Crippen LogP contribution in [-0.4, -0.2) is 47.4 Å². The van der Waals surface area contributed by atoms with E-state index in [1.165, 1.54) is 12.1 Å². The molecule has 1 aromatic rings. The lowest BCUT2D eigenvalue weighted by atomic mass is 9.95. The van der Waals surface area contributed by atoms with E-state index in [4.69, 9.17) is 25.8 Å². The number of carbonyl (C=O) groups is 2. The van der Waals surface area contributed by atoms with Crippen LogP contribution in [-0.2, 0) is 19.0 Å². The Labute approximate surface area is 144 Å². The van der Waals surface area contributed by atoms with Gasteiger partial charge in [0.05, 0.1) is 12.2 Å². The van der Waals surface area contributed by atoms with Crippen molar-refractivity contribution in [3.8, 4) is 0 Å². The number of halogens is 1. The van der Waals surface area contributed by atoms with Gasteiger partial charge in [-0.1, -0.05) is 17.7 Å². The first-order chi connectivity index (χ1) is 11.3. The second-order valence-electron chi connectivity index (χ2n) is 5.66. The number of esters is 2. The van der Waals surface area contributed by atoms with E-state index in [9.17, 15) is 14.8 Å². The third kappa shape index (κ3) is 3.85. The van der Waals surface area contributed by atoms with Gasteiger partial charge in [-0.05, 0) is 39.0 Å². The van der Waals surface area contributed by atoms with E-state index in [1.54, 1.807) is 32.9 Å². The van der Waals surface area contributed by atoms with Gasteiger partial charge >= 0.3 is 17.7 Å². The van der Waals surface area contributed by atoms with E-state index in [2.05, 4.69) is 0 Å². The van der Waals surface area contributed by atoms with Crippen molar-refractivity contribution in [2.24, 2.45) is 0 Å². The predicted molar refractivity (Wildman–Crippen MR) is 86.0 cm³/mol. The number of hydrogen-bond acceptors (Lipinski definition) is 6. The SMILES string of the molecule is CCOC(=O)C1=[N+]([O-])COC(C)(C)[C@@H]1OC(=O)c1cccc(Cl)c1. The van der Waals surface area contributed by atoms with Gasteiger partial charge in [-0.15, -0.1) is 0 Å². The highest BCUT2D eigenvalue weighted by atomic mass is 35.5. The molecular formula is C16H18ClNO6. The molecular weight excluding hydrogens is 338 g/mol. The molecule has 0 radical (unpaired) electrons. The van der Waals surface area contributed by atoms with Gasteiger partial charge < -0.3 is 19.4 Å². The molecule has 1 aromatic carbocycles. The van der Waals surface area contributed by atoms with Gasteiger partial charge in [0.15, 0.2) is 0 Å². The Morgan fingerprint density at radius 2 is 2.12 bits per heavy atom. The molecule has 2 rings (SSSR count). The van der Waals surface area contributed by atoms with Crippen molar-refractivity contribution in [1.29, 1.82) is 0 Å². The van der Waals surface area contributed by atoms with Crippen molar-refractivity contribution in [3.05, 3.63) is 40.1 Å². The lowest BCUT2D eigenvalue weighted by molar-refractivity contribution is -0.531. The van der Waals surface area contributed by atoms with Crippen LogP contribution in [0.2, 0.25) is 5.02 Å². The van der Waals surface area contributed by atoms with Crippen LogP contribution in [0, 0.1) is 5.21 Å². The molecule has 7 nitrogen and oxygen atoms in total. The van der Waals surface area contributed by atoms with Gasteiger partial charge in [0.25, 0.3) is 6.73 Å². The molecule has 24 heavy (non-hydrogen) atoms. The summed E-state index contributed by atoms with van der Waals surface area (Å²) >= 11 is 5.86. The van der Waals surface area contributed by atoms with Crippen molar-refractivity contribution < 1.29 is 28.5 Å². The summed E-state index contributed by atoms with van der Waals surface area (Å²) in [6, 6.07) is 6.16. The number of nitrogens with zero attached hydrogens (tertiary/aromatic N) is 1. The summed E-state index contributed by atoms with van der Waals surface area (Å²) in [5.41, 5.74) is -1.18. The molecule has 0 aliphatic carbocycles. The highest BCUT2D eigenvalue weighted by Gasteiger charge is 2.50. The Hall–Kier alpha value is -2.12. The summed E-state index contributed by atoms with van der Waals surface area (Å²) < 4.78 is 16.0. The fraction of sp³-hybridized carbons (Fsp3) is 0.438. The van der Waals surface area contributed by atoms with E-state index >= 15 is 0 Å². The predicted octanol–water partition coefficient (Wildman–Crippen LogP) is 2.15. The largest absolute Gasteiger partial charge is 0.622 e. The van der Waals surface area contributed by atoms with Gasteiger partial charge in [0.2, 0.25) is 6.10 Å². The molecule has 8 heteroatoms. The summed E-state index contributed by atoms with van der Waals surface area (Å²) in [7, 11) is 0. The van der Waals surface area contributed by atoms with Crippen LogP contribution in [0.15, 0.2) is 24.3 Å². The summed E-state index contributed by atoms with van der Waals surface area (Å²) in [5, 5.41) is 12.4. The van der Waals surface area contributed by atoms with Gasteiger partial charge in [-0.25, -0.2) is 9.59 Å². The summed E-state index contributed by atoms with van der Waals surface area (Å²) in [6.07, 6.45) is -1.21.